The summed E-state index contributed by atoms with van der Waals surface area (Å²) >= 11 is 2.11. The summed E-state index contributed by atoms with van der Waals surface area (Å²) < 4.78 is 19.9. The van der Waals surface area contributed by atoms with Crippen molar-refractivity contribution in [2.24, 2.45) is 0 Å². The van der Waals surface area contributed by atoms with Crippen LogP contribution in [0.4, 0.5) is 20.6 Å². The topological polar surface area (TPSA) is 67.4 Å². The van der Waals surface area contributed by atoms with Gasteiger partial charge in [-0.1, -0.05) is 6.07 Å². The maximum atomic E-state index is 13.9. The second-order valence-corrected chi connectivity index (χ2v) is 7.53. The van der Waals surface area contributed by atoms with Gasteiger partial charge in [-0.05, 0) is 79.8 Å². The fraction of sp³-hybridized carbons (Fsp3) is 0.222. The van der Waals surface area contributed by atoms with Gasteiger partial charge in [-0.25, -0.2) is 9.18 Å². The van der Waals surface area contributed by atoms with E-state index in [9.17, 15) is 14.0 Å². The third-order valence-corrected chi connectivity index (χ3v) is 3.62. The first-order valence-corrected chi connectivity index (χ1v) is 8.58. The summed E-state index contributed by atoms with van der Waals surface area (Å²) in [6, 6.07) is 11.0. The van der Waals surface area contributed by atoms with Crippen LogP contribution in [-0.4, -0.2) is 17.6 Å². The van der Waals surface area contributed by atoms with Crippen molar-refractivity contribution in [3.05, 3.63) is 57.4 Å². The molecule has 2 amide bonds. The molecule has 2 aromatic rings. The van der Waals surface area contributed by atoms with Crippen molar-refractivity contribution in [1.82, 2.24) is 0 Å². The molecule has 132 valence electrons. The molecule has 2 rings (SSSR count). The van der Waals surface area contributed by atoms with Crippen molar-refractivity contribution in [1.29, 1.82) is 0 Å². The number of halogens is 2. The molecule has 2 N–H and O–H groups in total. The Morgan fingerprint density at radius 3 is 2.44 bits per heavy atom. The Balaban J connectivity index is 2.13. The molecule has 25 heavy (non-hydrogen) atoms. The van der Waals surface area contributed by atoms with Gasteiger partial charge in [-0.3, -0.25) is 10.1 Å². The number of hydrogen-bond donors (Lipinski definition) is 2. The number of amides is 2. The standard InChI is InChI=1S/C18H18FIN2O3/c1-18(2,3)25-17(24)22-15-10-13(7-8-14(15)19)21-16(23)11-5-4-6-12(20)9-11/h4-10H,1-3H3,(H,21,23)(H,22,24). The van der Waals surface area contributed by atoms with Crippen LogP contribution in [0.5, 0.6) is 0 Å². The van der Waals surface area contributed by atoms with Gasteiger partial charge >= 0.3 is 6.09 Å². The van der Waals surface area contributed by atoms with Crippen LogP contribution in [0, 0.1) is 9.39 Å². The largest absolute Gasteiger partial charge is 0.444 e. The lowest BCUT2D eigenvalue weighted by molar-refractivity contribution is 0.0635. The minimum Gasteiger partial charge on any atom is -0.444 e. The van der Waals surface area contributed by atoms with E-state index in [-0.39, 0.29) is 11.6 Å². The highest BCUT2D eigenvalue weighted by Gasteiger charge is 2.18. The van der Waals surface area contributed by atoms with E-state index < -0.39 is 17.5 Å². The van der Waals surface area contributed by atoms with Gasteiger partial charge in [0.25, 0.3) is 5.91 Å². The number of nitrogens with one attached hydrogen (secondary N) is 2. The second kappa shape index (κ2) is 7.81. The smallest absolute Gasteiger partial charge is 0.412 e. The van der Waals surface area contributed by atoms with E-state index in [1.165, 1.54) is 12.1 Å². The third kappa shape index (κ3) is 6.00. The highest BCUT2D eigenvalue weighted by molar-refractivity contribution is 14.1. The van der Waals surface area contributed by atoms with Gasteiger partial charge in [-0.2, -0.15) is 0 Å². The van der Waals surface area contributed by atoms with Crippen molar-refractivity contribution in [2.45, 2.75) is 26.4 Å². The summed E-state index contributed by atoms with van der Waals surface area (Å²) in [5.74, 6) is -0.952. The summed E-state index contributed by atoms with van der Waals surface area (Å²) in [5, 5.41) is 5.01. The molecule has 0 fully saturated rings. The van der Waals surface area contributed by atoms with E-state index in [0.717, 1.165) is 9.64 Å². The van der Waals surface area contributed by atoms with Crippen molar-refractivity contribution in [3.63, 3.8) is 0 Å². The van der Waals surface area contributed by atoms with E-state index in [1.807, 2.05) is 6.07 Å². The molecule has 0 spiro atoms. The van der Waals surface area contributed by atoms with Crippen molar-refractivity contribution >= 4 is 46.0 Å². The van der Waals surface area contributed by atoms with Crippen LogP contribution >= 0.6 is 22.6 Å². The zero-order chi connectivity index (χ0) is 18.6. The molecule has 0 bridgehead atoms. The fourth-order valence-electron chi connectivity index (χ4n) is 1.95. The summed E-state index contributed by atoms with van der Waals surface area (Å²) in [7, 11) is 0. The molecule has 0 unspecified atom stereocenters. The van der Waals surface area contributed by atoms with Gasteiger partial charge in [0, 0.05) is 14.8 Å². The summed E-state index contributed by atoms with van der Waals surface area (Å²) in [6.45, 7) is 5.13. The van der Waals surface area contributed by atoms with Crippen molar-refractivity contribution in [3.8, 4) is 0 Å². The Bertz CT molecular complexity index is 803. The molecule has 0 heterocycles. The van der Waals surface area contributed by atoms with Crippen LogP contribution in [0.1, 0.15) is 31.1 Å². The molecule has 0 aliphatic heterocycles. The Kier molecular flexibility index (Phi) is 5.99. The Morgan fingerprint density at radius 2 is 1.80 bits per heavy atom. The predicted molar refractivity (Wildman–Crippen MR) is 103 cm³/mol. The Morgan fingerprint density at radius 1 is 1.08 bits per heavy atom. The zero-order valence-corrected chi connectivity index (χ0v) is 16.2. The molecule has 0 radical (unpaired) electrons. The first-order chi connectivity index (χ1) is 11.6. The second-order valence-electron chi connectivity index (χ2n) is 6.29. The van der Waals surface area contributed by atoms with Gasteiger partial charge < -0.3 is 10.1 Å². The predicted octanol–water partition coefficient (Wildman–Crippen LogP) is 5.03. The van der Waals surface area contributed by atoms with Gasteiger partial charge in [0.15, 0.2) is 0 Å². The maximum Gasteiger partial charge on any atom is 0.412 e. The molecule has 5 nitrogen and oxygen atoms in total. The van der Waals surface area contributed by atoms with Crippen LogP contribution in [-0.2, 0) is 4.74 Å². The minimum absolute atomic E-state index is 0.0744. The molecule has 0 aliphatic carbocycles. The van der Waals surface area contributed by atoms with E-state index in [2.05, 4.69) is 33.2 Å². The summed E-state index contributed by atoms with van der Waals surface area (Å²) in [4.78, 5) is 24.0. The average molecular weight is 456 g/mol. The number of carbonyl (C=O) groups excluding carboxylic acids is 2. The normalized spacial score (nSPS) is 10.9. The number of ether oxygens (including phenoxy) is 1. The summed E-state index contributed by atoms with van der Waals surface area (Å²) in [6.07, 6.45) is -0.771. The van der Waals surface area contributed by atoms with Crippen LogP contribution in [0.2, 0.25) is 0 Å². The SMILES string of the molecule is CC(C)(C)OC(=O)Nc1cc(NC(=O)c2cccc(I)c2)ccc1F. The molecule has 2 aromatic carbocycles. The fourth-order valence-corrected chi connectivity index (χ4v) is 2.49. The van der Waals surface area contributed by atoms with Crippen molar-refractivity contribution in [2.75, 3.05) is 10.6 Å². The maximum absolute atomic E-state index is 13.9. The Labute approximate surface area is 159 Å². The third-order valence-electron chi connectivity index (χ3n) is 2.95. The van der Waals surface area contributed by atoms with E-state index in [0.29, 0.717) is 11.3 Å². The number of anilines is 2. The zero-order valence-electron chi connectivity index (χ0n) is 14.0. The van der Waals surface area contributed by atoms with Crippen LogP contribution < -0.4 is 10.6 Å². The quantitative estimate of drug-likeness (QED) is 0.637. The van der Waals surface area contributed by atoms with Crippen LogP contribution in [0.25, 0.3) is 0 Å². The number of rotatable bonds is 3. The number of hydrogen-bond acceptors (Lipinski definition) is 3. The number of benzene rings is 2. The van der Waals surface area contributed by atoms with Crippen LogP contribution in [0.15, 0.2) is 42.5 Å². The molecular formula is C18H18FIN2O3. The number of carbonyl (C=O) groups is 2. The monoisotopic (exact) mass is 456 g/mol. The highest BCUT2D eigenvalue weighted by atomic mass is 127. The lowest BCUT2D eigenvalue weighted by atomic mass is 10.2. The molecule has 0 aliphatic rings. The lowest BCUT2D eigenvalue weighted by Crippen LogP contribution is -2.27. The molecular weight excluding hydrogens is 438 g/mol. The van der Waals surface area contributed by atoms with E-state index in [1.54, 1.807) is 39.0 Å². The lowest BCUT2D eigenvalue weighted by Gasteiger charge is -2.20. The average Bonchev–Trinajstić information content (AvgIpc) is 2.48. The summed E-state index contributed by atoms with van der Waals surface area (Å²) in [5.41, 5.74) is 0.0699. The molecule has 0 atom stereocenters. The molecule has 7 heteroatoms. The van der Waals surface area contributed by atoms with Gasteiger partial charge in [0.2, 0.25) is 0 Å². The van der Waals surface area contributed by atoms with E-state index >= 15 is 0 Å². The first kappa shape index (κ1) is 19.2. The molecule has 0 aromatic heterocycles. The highest BCUT2D eigenvalue weighted by Crippen LogP contribution is 2.21. The van der Waals surface area contributed by atoms with E-state index in [4.69, 9.17) is 4.74 Å². The molecule has 0 saturated heterocycles. The van der Waals surface area contributed by atoms with Gasteiger partial charge in [0.1, 0.15) is 11.4 Å². The van der Waals surface area contributed by atoms with Crippen molar-refractivity contribution < 1.29 is 18.7 Å². The van der Waals surface area contributed by atoms with Gasteiger partial charge in [0.05, 0.1) is 5.69 Å². The van der Waals surface area contributed by atoms with Gasteiger partial charge in [-0.15, -0.1) is 0 Å². The Hall–Kier alpha value is -2.16. The molecule has 0 saturated carbocycles. The first-order valence-electron chi connectivity index (χ1n) is 7.50. The van der Waals surface area contributed by atoms with Crippen LogP contribution in [0.3, 0.4) is 0 Å². The minimum atomic E-state index is -0.771.